The highest BCUT2D eigenvalue weighted by Crippen LogP contribution is 2.44. The number of nitrogens with zero attached hydrogens (tertiary/aromatic N) is 2. The van der Waals surface area contributed by atoms with E-state index in [1.54, 1.807) is 11.3 Å². The third kappa shape index (κ3) is 5.38. The van der Waals surface area contributed by atoms with Crippen LogP contribution in [-0.4, -0.2) is 4.98 Å². The van der Waals surface area contributed by atoms with Crippen molar-refractivity contribution in [3.63, 3.8) is 0 Å². The van der Waals surface area contributed by atoms with Crippen LogP contribution in [0.4, 0.5) is 17.1 Å². The molecule has 0 saturated carbocycles. The Labute approximate surface area is 322 Å². The molecule has 11 rings (SSSR count). The molecule has 0 unspecified atom stereocenters. The summed E-state index contributed by atoms with van der Waals surface area (Å²) in [5.41, 5.74) is 12.0. The lowest BCUT2D eigenvalue weighted by molar-refractivity contribution is 0.669. The maximum absolute atomic E-state index is 6.17. The maximum atomic E-state index is 6.17. The SMILES string of the molecule is c1ccc(-c2ccc3c(c2)c2cc(-c4ccccc4)ccc2c2sc(-c4ccc(N(c5ccccc5)c5ccc6oc7ccccc7c6c5)cc4)nc32)cc1. The highest BCUT2D eigenvalue weighted by atomic mass is 32.1. The maximum Gasteiger partial charge on any atom is 0.135 e. The quantitative estimate of drug-likeness (QED) is 0.160. The smallest absolute Gasteiger partial charge is 0.135 e. The second-order valence-corrected chi connectivity index (χ2v) is 14.9. The lowest BCUT2D eigenvalue weighted by Gasteiger charge is -2.25. The molecule has 4 heteroatoms. The van der Waals surface area contributed by atoms with Crippen LogP contribution in [0.3, 0.4) is 0 Å². The second kappa shape index (κ2) is 12.8. The summed E-state index contributed by atoms with van der Waals surface area (Å²) in [5, 5.41) is 8.08. The highest BCUT2D eigenvalue weighted by molar-refractivity contribution is 7.22. The Hall–Kier alpha value is -7.01. The molecule has 0 bridgehead atoms. The van der Waals surface area contributed by atoms with Gasteiger partial charge in [0.15, 0.2) is 0 Å². The Bertz CT molecular complexity index is 3070. The first-order chi connectivity index (χ1) is 27.2. The lowest BCUT2D eigenvalue weighted by atomic mass is 9.94. The first-order valence-electron chi connectivity index (χ1n) is 18.5. The van der Waals surface area contributed by atoms with E-state index in [-0.39, 0.29) is 0 Å². The summed E-state index contributed by atoms with van der Waals surface area (Å²) < 4.78 is 7.38. The van der Waals surface area contributed by atoms with Gasteiger partial charge < -0.3 is 9.32 Å². The number of para-hydroxylation sites is 2. The summed E-state index contributed by atoms with van der Waals surface area (Å²) in [6.45, 7) is 0. The minimum atomic E-state index is 0.886. The van der Waals surface area contributed by atoms with E-state index >= 15 is 0 Å². The first-order valence-corrected chi connectivity index (χ1v) is 19.3. The molecule has 0 aliphatic carbocycles. The van der Waals surface area contributed by atoms with Crippen molar-refractivity contribution in [3.8, 4) is 32.8 Å². The fourth-order valence-electron chi connectivity index (χ4n) is 8.00. The molecule has 0 saturated heterocycles. The van der Waals surface area contributed by atoms with Gasteiger partial charge >= 0.3 is 0 Å². The van der Waals surface area contributed by atoms with Crippen LogP contribution in [0.2, 0.25) is 0 Å². The van der Waals surface area contributed by atoms with E-state index in [2.05, 4.69) is 187 Å². The van der Waals surface area contributed by atoms with Crippen LogP contribution in [0.15, 0.2) is 199 Å². The number of thiazole rings is 1. The predicted molar refractivity (Wildman–Crippen MR) is 233 cm³/mol. The molecular weight excluding hydrogens is 689 g/mol. The number of aromatic nitrogens is 1. The Balaban J connectivity index is 1.05. The van der Waals surface area contributed by atoms with Gasteiger partial charge in [0.05, 0.1) is 10.2 Å². The number of benzene rings is 9. The number of fused-ring (bicyclic) bond motifs is 9. The molecule has 0 aliphatic heterocycles. The summed E-state index contributed by atoms with van der Waals surface area (Å²) in [5.74, 6) is 0. The van der Waals surface area contributed by atoms with Crippen molar-refractivity contribution in [2.24, 2.45) is 0 Å². The molecule has 2 heterocycles. The van der Waals surface area contributed by atoms with Gasteiger partial charge in [-0.15, -0.1) is 11.3 Å². The number of hydrogen-bond donors (Lipinski definition) is 0. The van der Waals surface area contributed by atoms with Crippen LogP contribution in [-0.2, 0) is 0 Å². The molecule has 11 aromatic rings. The van der Waals surface area contributed by atoms with Crippen LogP contribution in [0.5, 0.6) is 0 Å². The molecule has 0 amide bonds. The van der Waals surface area contributed by atoms with Crippen molar-refractivity contribution in [1.82, 2.24) is 4.98 Å². The largest absolute Gasteiger partial charge is 0.456 e. The fraction of sp³-hybridized carbons (Fsp3) is 0. The van der Waals surface area contributed by atoms with Gasteiger partial charge in [-0.3, -0.25) is 0 Å². The third-order valence-corrected chi connectivity index (χ3v) is 11.8. The Morgan fingerprint density at radius 2 is 0.909 bits per heavy atom. The topological polar surface area (TPSA) is 29.3 Å². The Morgan fingerprint density at radius 1 is 0.364 bits per heavy atom. The summed E-state index contributed by atoms with van der Waals surface area (Å²) >= 11 is 1.77. The molecule has 3 nitrogen and oxygen atoms in total. The average Bonchev–Trinajstić information content (AvgIpc) is 3.88. The van der Waals surface area contributed by atoms with E-state index in [1.165, 1.54) is 48.5 Å². The Kier molecular flexibility index (Phi) is 7.35. The van der Waals surface area contributed by atoms with E-state index in [9.17, 15) is 0 Å². The van der Waals surface area contributed by atoms with Crippen LogP contribution < -0.4 is 4.90 Å². The summed E-state index contributed by atoms with van der Waals surface area (Å²) in [4.78, 5) is 7.69. The zero-order chi connectivity index (χ0) is 36.3. The van der Waals surface area contributed by atoms with Crippen LogP contribution in [0.1, 0.15) is 0 Å². The standard InChI is InChI=1S/C51H32N2OS/c1-4-12-33(13-5-1)36-22-27-42-44(30-36)45-31-37(34-14-6-2-7-15-34)23-28-43(45)50-49(42)52-51(55-50)35-20-24-39(25-21-35)53(38-16-8-3-9-17-38)40-26-29-48-46(32-40)41-18-10-11-19-47(41)54-48/h1-32H. The highest BCUT2D eigenvalue weighted by Gasteiger charge is 2.19. The Morgan fingerprint density at radius 3 is 1.62 bits per heavy atom. The molecular formula is C51H32N2OS. The fourth-order valence-corrected chi connectivity index (χ4v) is 9.12. The van der Waals surface area contributed by atoms with Gasteiger partial charge in [0.25, 0.3) is 0 Å². The van der Waals surface area contributed by atoms with Crippen molar-refractivity contribution >= 4 is 82.1 Å². The molecule has 0 radical (unpaired) electrons. The first kappa shape index (κ1) is 31.5. The predicted octanol–water partition coefficient (Wildman–Crippen LogP) is 15.0. The van der Waals surface area contributed by atoms with E-state index in [4.69, 9.17) is 9.40 Å². The normalized spacial score (nSPS) is 11.6. The van der Waals surface area contributed by atoms with E-state index < -0.39 is 0 Å². The summed E-state index contributed by atoms with van der Waals surface area (Å²) in [7, 11) is 0. The van der Waals surface area contributed by atoms with Crippen molar-refractivity contribution in [3.05, 3.63) is 194 Å². The van der Waals surface area contributed by atoms with Crippen LogP contribution >= 0.6 is 11.3 Å². The van der Waals surface area contributed by atoms with Crippen LogP contribution in [0.25, 0.3) is 86.5 Å². The molecule has 0 spiro atoms. The van der Waals surface area contributed by atoms with E-state index in [1.807, 2.05) is 12.1 Å². The van der Waals surface area contributed by atoms with Gasteiger partial charge in [0.2, 0.25) is 0 Å². The number of rotatable bonds is 6. The molecule has 0 N–H and O–H groups in total. The van der Waals surface area contributed by atoms with Crippen molar-refractivity contribution in [1.29, 1.82) is 0 Å². The second-order valence-electron chi connectivity index (χ2n) is 13.9. The number of hydrogen-bond acceptors (Lipinski definition) is 4. The summed E-state index contributed by atoms with van der Waals surface area (Å²) in [6, 6.07) is 69.1. The van der Waals surface area contributed by atoms with Crippen molar-refractivity contribution in [2.45, 2.75) is 0 Å². The van der Waals surface area contributed by atoms with Crippen molar-refractivity contribution < 1.29 is 4.42 Å². The third-order valence-electron chi connectivity index (χ3n) is 10.7. The van der Waals surface area contributed by atoms with E-state index in [0.717, 1.165) is 55.1 Å². The van der Waals surface area contributed by atoms with Gasteiger partial charge in [0, 0.05) is 44.2 Å². The van der Waals surface area contributed by atoms with Gasteiger partial charge in [-0.1, -0.05) is 121 Å². The lowest BCUT2D eigenvalue weighted by Crippen LogP contribution is -2.09. The zero-order valence-corrected chi connectivity index (χ0v) is 30.5. The van der Waals surface area contributed by atoms with Gasteiger partial charge in [-0.05, 0) is 106 Å². The average molecular weight is 721 g/mol. The number of anilines is 3. The molecule has 0 aliphatic rings. The van der Waals surface area contributed by atoms with Gasteiger partial charge in [-0.25, -0.2) is 4.98 Å². The minimum Gasteiger partial charge on any atom is -0.456 e. The van der Waals surface area contributed by atoms with Gasteiger partial charge in [-0.2, -0.15) is 0 Å². The van der Waals surface area contributed by atoms with E-state index in [0.29, 0.717) is 0 Å². The van der Waals surface area contributed by atoms with Gasteiger partial charge in [0.1, 0.15) is 16.2 Å². The molecule has 258 valence electrons. The molecule has 55 heavy (non-hydrogen) atoms. The van der Waals surface area contributed by atoms with Crippen molar-refractivity contribution in [2.75, 3.05) is 4.90 Å². The molecule has 9 aromatic carbocycles. The molecule has 0 fully saturated rings. The van der Waals surface area contributed by atoms with Crippen LogP contribution in [0, 0.1) is 0 Å². The molecule has 0 atom stereocenters. The molecule has 2 aromatic heterocycles. The summed E-state index contributed by atoms with van der Waals surface area (Å²) in [6.07, 6.45) is 0. The monoisotopic (exact) mass is 720 g/mol. The zero-order valence-electron chi connectivity index (χ0n) is 29.7. The number of furan rings is 1. The minimum absolute atomic E-state index is 0.886.